The van der Waals surface area contributed by atoms with Crippen LogP contribution in [0.4, 0.5) is 5.69 Å². The number of benzene rings is 2. The van der Waals surface area contributed by atoms with E-state index >= 15 is 0 Å². The molecule has 0 aromatic heterocycles. The van der Waals surface area contributed by atoms with Crippen molar-refractivity contribution >= 4 is 11.6 Å². The molecule has 0 saturated carbocycles. The number of nitrogens with one attached hydrogen (secondary N) is 1. The van der Waals surface area contributed by atoms with E-state index in [2.05, 4.69) is 17.1 Å². The number of para-hydroxylation sites is 3. The van der Waals surface area contributed by atoms with Crippen LogP contribution < -0.4 is 14.8 Å². The Morgan fingerprint density at radius 1 is 1.04 bits per heavy atom. The average Bonchev–Trinajstić information content (AvgIpc) is 2.68. The smallest absolute Gasteiger partial charge is 0.241 e. The molecule has 0 spiro atoms. The van der Waals surface area contributed by atoms with E-state index in [1.165, 1.54) is 0 Å². The van der Waals surface area contributed by atoms with Crippen molar-refractivity contribution in [1.82, 2.24) is 4.90 Å². The molecule has 0 saturated heterocycles. The maximum atomic E-state index is 12.5. The first-order chi connectivity index (χ1) is 12.7. The summed E-state index contributed by atoms with van der Waals surface area (Å²) < 4.78 is 11.2. The van der Waals surface area contributed by atoms with Gasteiger partial charge in [0.2, 0.25) is 5.91 Å². The highest BCUT2D eigenvalue weighted by molar-refractivity contribution is 5.94. The van der Waals surface area contributed by atoms with Gasteiger partial charge in [0, 0.05) is 12.2 Å². The lowest BCUT2D eigenvalue weighted by molar-refractivity contribution is -0.120. The highest BCUT2D eigenvalue weighted by atomic mass is 16.5. The van der Waals surface area contributed by atoms with Gasteiger partial charge in [0.1, 0.15) is 6.61 Å². The van der Waals surface area contributed by atoms with E-state index in [1.54, 1.807) is 7.11 Å². The van der Waals surface area contributed by atoms with E-state index < -0.39 is 0 Å². The van der Waals surface area contributed by atoms with Crippen LogP contribution in [0.3, 0.4) is 0 Å². The summed E-state index contributed by atoms with van der Waals surface area (Å²) >= 11 is 0. The SMILES string of the molecule is CCCN(CCOc1ccccc1OC)C(C)C(=O)Nc1ccccc1. The minimum absolute atomic E-state index is 0.0121. The maximum absolute atomic E-state index is 12.5. The Kier molecular flexibility index (Phi) is 7.96. The first kappa shape index (κ1) is 19.8. The van der Waals surface area contributed by atoms with Gasteiger partial charge in [-0.25, -0.2) is 0 Å². The predicted octanol–water partition coefficient (Wildman–Crippen LogP) is 3.81. The molecule has 0 bridgehead atoms. The number of amides is 1. The van der Waals surface area contributed by atoms with Gasteiger partial charge in [0.25, 0.3) is 0 Å². The zero-order valence-electron chi connectivity index (χ0n) is 15.8. The van der Waals surface area contributed by atoms with E-state index in [0.29, 0.717) is 24.7 Å². The van der Waals surface area contributed by atoms with E-state index in [-0.39, 0.29) is 11.9 Å². The van der Waals surface area contributed by atoms with Crippen molar-refractivity contribution in [2.75, 3.05) is 32.1 Å². The Morgan fingerprint density at radius 3 is 2.35 bits per heavy atom. The summed E-state index contributed by atoms with van der Waals surface area (Å²) in [5.41, 5.74) is 0.811. The standard InChI is InChI=1S/C21H28N2O3/c1-4-14-23(15-16-26-20-13-9-8-12-19(20)25-3)17(2)21(24)22-18-10-6-5-7-11-18/h5-13,17H,4,14-16H2,1-3H3,(H,22,24). The Balaban J connectivity index is 1.91. The molecule has 1 atom stereocenters. The molecule has 1 unspecified atom stereocenters. The highest BCUT2D eigenvalue weighted by Gasteiger charge is 2.20. The molecule has 0 heterocycles. The number of rotatable bonds is 10. The van der Waals surface area contributed by atoms with Crippen molar-refractivity contribution in [3.05, 3.63) is 54.6 Å². The molecular formula is C21H28N2O3. The second-order valence-electron chi connectivity index (χ2n) is 6.07. The molecular weight excluding hydrogens is 328 g/mol. The molecule has 1 N–H and O–H groups in total. The van der Waals surface area contributed by atoms with Crippen molar-refractivity contribution in [1.29, 1.82) is 0 Å². The third-order valence-corrected chi connectivity index (χ3v) is 4.18. The molecule has 2 aromatic carbocycles. The molecule has 2 rings (SSSR count). The average molecular weight is 356 g/mol. The third-order valence-electron chi connectivity index (χ3n) is 4.18. The van der Waals surface area contributed by atoms with Gasteiger partial charge in [-0.2, -0.15) is 0 Å². The van der Waals surface area contributed by atoms with Crippen LogP contribution in [-0.4, -0.2) is 43.7 Å². The highest BCUT2D eigenvalue weighted by Crippen LogP contribution is 2.25. The summed E-state index contributed by atoms with van der Waals surface area (Å²) in [6.07, 6.45) is 0.970. The zero-order valence-corrected chi connectivity index (χ0v) is 15.8. The molecule has 0 aliphatic rings. The second kappa shape index (κ2) is 10.5. The molecule has 140 valence electrons. The molecule has 1 amide bonds. The molecule has 0 radical (unpaired) electrons. The summed E-state index contributed by atoms with van der Waals surface area (Å²) in [6.45, 7) is 6.02. The Bertz CT molecular complexity index is 676. The van der Waals surface area contributed by atoms with Crippen molar-refractivity contribution in [3.63, 3.8) is 0 Å². The number of nitrogens with zero attached hydrogens (tertiary/aromatic N) is 1. The molecule has 0 aliphatic carbocycles. The molecule has 5 heteroatoms. The lowest BCUT2D eigenvalue weighted by Gasteiger charge is -2.28. The molecule has 2 aromatic rings. The van der Waals surface area contributed by atoms with E-state index in [4.69, 9.17) is 9.47 Å². The third kappa shape index (κ3) is 5.77. The summed E-state index contributed by atoms with van der Waals surface area (Å²) in [7, 11) is 1.63. The van der Waals surface area contributed by atoms with Crippen LogP contribution >= 0.6 is 0 Å². The number of ether oxygens (including phenoxy) is 2. The minimum atomic E-state index is -0.239. The fraction of sp³-hybridized carbons (Fsp3) is 0.381. The van der Waals surface area contributed by atoms with Gasteiger partial charge in [-0.1, -0.05) is 37.3 Å². The van der Waals surface area contributed by atoms with E-state index in [0.717, 1.165) is 18.7 Å². The van der Waals surface area contributed by atoms with Crippen molar-refractivity contribution in [3.8, 4) is 11.5 Å². The van der Waals surface area contributed by atoms with Crippen molar-refractivity contribution < 1.29 is 14.3 Å². The van der Waals surface area contributed by atoms with Crippen molar-refractivity contribution in [2.45, 2.75) is 26.3 Å². The predicted molar refractivity (Wildman–Crippen MR) is 105 cm³/mol. The number of hydrogen-bond acceptors (Lipinski definition) is 4. The van der Waals surface area contributed by atoms with Crippen LogP contribution in [0.5, 0.6) is 11.5 Å². The monoisotopic (exact) mass is 356 g/mol. The summed E-state index contributed by atoms with van der Waals surface area (Å²) in [6, 6.07) is 16.9. The van der Waals surface area contributed by atoms with Crippen LogP contribution in [0, 0.1) is 0 Å². The first-order valence-electron chi connectivity index (χ1n) is 9.01. The Labute approximate surface area is 155 Å². The van der Waals surface area contributed by atoms with Gasteiger partial charge >= 0.3 is 0 Å². The number of carbonyl (C=O) groups excluding carboxylic acids is 1. The van der Waals surface area contributed by atoms with Crippen molar-refractivity contribution in [2.24, 2.45) is 0 Å². The van der Waals surface area contributed by atoms with Gasteiger partial charge < -0.3 is 14.8 Å². The van der Waals surface area contributed by atoms with Crippen LogP contribution in [0.25, 0.3) is 0 Å². The zero-order chi connectivity index (χ0) is 18.8. The quantitative estimate of drug-likeness (QED) is 0.703. The second-order valence-corrected chi connectivity index (χ2v) is 6.07. The largest absolute Gasteiger partial charge is 0.493 e. The Morgan fingerprint density at radius 2 is 1.69 bits per heavy atom. The minimum Gasteiger partial charge on any atom is -0.493 e. The van der Waals surface area contributed by atoms with Gasteiger partial charge in [-0.3, -0.25) is 9.69 Å². The summed E-state index contributed by atoms with van der Waals surface area (Å²) in [5, 5.41) is 2.97. The van der Waals surface area contributed by atoms with E-state index in [9.17, 15) is 4.79 Å². The molecule has 0 fully saturated rings. The normalized spacial score (nSPS) is 11.8. The van der Waals surface area contributed by atoms with Gasteiger partial charge in [-0.15, -0.1) is 0 Å². The van der Waals surface area contributed by atoms with Crippen LogP contribution in [0.2, 0.25) is 0 Å². The molecule has 26 heavy (non-hydrogen) atoms. The molecule has 0 aliphatic heterocycles. The summed E-state index contributed by atoms with van der Waals surface area (Å²) in [5.74, 6) is 1.42. The van der Waals surface area contributed by atoms with E-state index in [1.807, 2.05) is 61.5 Å². The number of hydrogen-bond donors (Lipinski definition) is 1. The van der Waals surface area contributed by atoms with Gasteiger partial charge in [0.05, 0.1) is 13.2 Å². The lowest BCUT2D eigenvalue weighted by Crippen LogP contribution is -2.44. The fourth-order valence-corrected chi connectivity index (χ4v) is 2.73. The number of carbonyl (C=O) groups is 1. The van der Waals surface area contributed by atoms with Crippen LogP contribution in [0.1, 0.15) is 20.3 Å². The van der Waals surface area contributed by atoms with Crippen LogP contribution in [-0.2, 0) is 4.79 Å². The number of methoxy groups -OCH3 is 1. The fourth-order valence-electron chi connectivity index (χ4n) is 2.73. The number of anilines is 1. The van der Waals surface area contributed by atoms with Gasteiger partial charge in [-0.05, 0) is 44.2 Å². The maximum Gasteiger partial charge on any atom is 0.241 e. The molecule has 5 nitrogen and oxygen atoms in total. The Hall–Kier alpha value is -2.53. The summed E-state index contributed by atoms with van der Waals surface area (Å²) in [4.78, 5) is 14.7. The van der Waals surface area contributed by atoms with Gasteiger partial charge in [0.15, 0.2) is 11.5 Å². The lowest BCUT2D eigenvalue weighted by atomic mass is 10.2. The first-order valence-corrected chi connectivity index (χ1v) is 9.01. The topological polar surface area (TPSA) is 50.8 Å². The van der Waals surface area contributed by atoms with Crippen LogP contribution in [0.15, 0.2) is 54.6 Å².